The Labute approximate surface area is 192 Å². The molecule has 0 saturated heterocycles. The summed E-state index contributed by atoms with van der Waals surface area (Å²) in [7, 11) is 0. The molecular formula is C26H26N4O3. The summed E-state index contributed by atoms with van der Waals surface area (Å²) in [5.41, 5.74) is 3.89. The Balaban J connectivity index is 1.34. The van der Waals surface area contributed by atoms with Crippen molar-refractivity contribution in [3.05, 3.63) is 89.5 Å². The summed E-state index contributed by atoms with van der Waals surface area (Å²) >= 11 is 0. The molecular weight excluding hydrogens is 416 g/mol. The van der Waals surface area contributed by atoms with E-state index < -0.39 is 0 Å². The second-order valence-corrected chi connectivity index (χ2v) is 8.03. The average Bonchev–Trinajstić information content (AvgIpc) is 3.64. The molecule has 4 rings (SSSR count). The highest BCUT2D eigenvalue weighted by atomic mass is 16.2. The summed E-state index contributed by atoms with van der Waals surface area (Å²) in [6, 6.07) is 21.6. The van der Waals surface area contributed by atoms with Crippen LogP contribution in [0.3, 0.4) is 0 Å². The summed E-state index contributed by atoms with van der Waals surface area (Å²) in [6.07, 6.45) is 2.04. The van der Waals surface area contributed by atoms with E-state index in [1.54, 1.807) is 36.4 Å². The van der Waals surface area contributed by atoms with E-state index in [9.17, 15) is 14.4 Å². The zero-order valence-electron chi connectivity index (χ0n) is 18.4. The molecule has 0 atom stereocenters. The van der Waals surface area contributed by atoms with Gasteiger partial charge >= 0.3 is 0 Å². The minimum Gasteiger partial charge on any atom is -0.376 e. The molecule has 7 heteroatoms. The van der Waals surface area contributed by atoms with Gasteiger partial charge in [0.15, 0.2) is 0 Å². The maximum Gasteiger partial charge on any atom is 0.255 e. The molecule has 0 bridgehead atoms. The van der Waals surface area contributed by atoms with E-state index >= 15 is 0 Å². The highest BCUT2D eigenvalue weighted by molar-refractivity contribution is 6.05. The first-order valence-corrected chi connectivity index (χ1v) is 10.9. The van der Waals surface area contributed by atoms with Gasteiger partial charge in [-0.05, 0) is 67.8 Å². The first-order valence-electron chi connectivity index (χ1n) is 10.9. The van der Waals surface area contributed by atoms with Gasteiger partial charge in [-0.1, -0.05) is 30.3 Å². The molecule has 3 aromatic rings. The number of hydrogen-bond donors (Lipinski definition) is 4. The number of carbonyl (C=O) groups excluding carboxylic acids is 3. The Hall–Kier alpha value is -4.13. The molecule has 1 saturated carbocycles. The minimum absolute atomic E-state index is 0.0371. The number of rotatable bonds is 8. The Morgan fingerprint density at radius 3 is 2.24 bits per heavy atom. The first-order chi connectivity index (χ1) is 16.0. The van der Waals surface area contributed by atoms with E-state index in [0.717, 1.165) is 24.1 Å². The first kappa shape index (κ1) is 22.1. The van der Waals surface area contributed by atoms with Gasteiger partial charge in [0.05, 0.1) is 6.54 Å². The molecule has 3 amide bonds. The van der Waals surface area contributed by atoms with Crippen LogP contribution in [0.15, 0.2) is 72.8 Å². The second-order valence-electron chi connectivity index (χ2n) is 8.03. The zero-order valence-corrected chi connectivity index (χ0v) is 18.4. The predicted molar refractivity (Wildman–Crippen MR) is 130 cm³/mol. The van der Waals surface area contributed by atoms with E-state index in [4.69, 9.17) is 0 Å². The zero-order chi connectivity index (χ0) is 23.2. The molecule has 0 radical (unpaired) electrons. The van der Waals surface area contributed by atoms with Crippen molar-refractivity contribution >= 4 is 34.8 Å². The number of amides is 3. The second kappa shape index (κ2) is 9.99. The van der Waals surface area contributed by atoms with Crippen molar-refractivity contribution in [2.45, 2.75) is 25.8 Å². The monoisotopic (exact) mass is 442 g/mol. The fraction of sp³-hybridized carbons (Fsp3) is 0.192. The van der Waals surface area contributed by atoms with Crippen LogP contribution < -0.4 is 21.3 Å². The average molecular weight is 443 g/mol. The number of hydrogen-bond acceptors (Lipinski definition) is 4. The van der Waals surface area contributed by atoms with E-state index in [2.05, 4.69) is 21.3 Å². The molecule has 33 heavy (non-hydrogen) atoms. The van der Waals surface area contributed by atoms with Gasteiger partial charge < -0.3 is 21.3 Å². The Kier molecular flexibility index (Phi) is 6.69. The molecule has 1 aliphatic carbocycles. The molecule has 168 valence electrons. The Bertz CT molecular complexity index is 1170. The lowest BCUT2D eigenvalue weighted by Crippen LogP contribution is -2.26. The van der Waals surface area contributed by atoms with E-state index in [-0.39, 0.29) is 30.3 Å². The summed E-state index contributed by atoms with van der Waals surface area (Å²) in [6.45, 7) is 1.91. The lowest BCUT2D eigenvalue weighted by Gasteiger charge is -2.14. The lowest BCUT2D eigenvalue weighted by atomic mass is 10.1. The van der Waals surface area contributed by atoms with Gasteiger partial charge in [0.25, 0.3) is 11.8 Å². The van der Waals surface area contributed by atoms with Crippen LogP contribution in [0.25, 0.3) is 0 Å². The van der Waals surface area contributed by atoms with Crippen LogP contribution in [0, 0.1) is 6.92 Å². The van der Waals surface area contributed by atoms with Gasteiger partial charge in [0, 0.05) is 34.2 Å². The van der Waals surface area contributed by atoms with Gasteiger partial charge in [-0.25, -0.2) is 0 Å². The maximum atomic E-state index is 12.5. The minimum atomic E-state index is -0.243. The van der Waals surface area contributed by atoms with Crippen molar-refractivity contribution in [3.8, 4) is 0 Å². The standard InChI is InChI=1S/C26H26N4O3/c1-17-22(11-6-12-23(17)30-25(32)18-7-3-2-4-8-18)27-16-24(31)28-21-10-5-9-19(15-21)26(33)29-20-13-14-20/h2-12,15,20,27H,13-14,16H2,1H3,(H,28,31)(H,29,33)(H,30,32). The topological polar surface area (TPSA) is 99.3 Å². The Morgan fingerprint density at radius 2 is 1.48 bits per heavy atom. The smallest absolute Gasteiger partial charge is 0.255 e. The van der Waals surface area contributed by atoms with Crippen LogP contribution in [0.4, 0.5) is 17.1 Å². The molecule has 1 aliphatic rings. The Morgan fingerprint density at radius 1 is 0.788 bits per heavy atom. The van der Waals surface area contributed by atoms with Crippen LogP contribution in [-0.4, -0.2) is 30.3 Å². The maximum absolute atomic E-state index is 12.5. The highest BCUT2D eigenvalue weighted by Gasteiger charge is 2.23. The molecule has 0 unspecified atom stereocenters. The van der Waals surface area contributed by atoms with Crippen molar-refractivity contribution in [2.24, 2.45) is 0 Å². The quantitative estimate of drug-likeness (QED) is 0.420. The number of nitrogens with one attached hydrogen (secondary N) is 4. The molecule has 4 N–H and O–H groups in total. The molecule has 7 nitrogen and oxygen atoms in total. The van der Waals surface area contributed by atoms with Gasteiger partial charge in [-0.15, -0.1) is 0 Å². The van der Waals surface area contributed by atoms with Gasteiger partial charge in [-0.2, -0.15) is 0 Å². The van der Waals surface area contributed by atoms with Crippen LogP contribution >= 0.6 is 0 Å². The molecule has 3 aromatic carbocycles. The molecule has 0 aliphatic heterocycles. The van der Waals surface area contributed by atoms with Gasteiger partial charge in [0.1, 0.15) is 0 Å². The van der Waals surface area contributed by atoms with Gasteiger partial charge in [-0.3, -0.25) is 14.4 Å². The normalized spacial score (nSPS) is 12.5. The predicted octanol–water partition coefficient (Wildman–Crippen LogP) is 4.19. The van der Waals surface area contributed by atoms with Crippen molar-refractivity contribution < 1.29 is 14.4 Å². The largest absolute Gasteiger partial charge is 0.376 e. The summed E-state index contributed by atoms with van der Waals surface area (Å²) in [5, 5.41) is 11.8. The van der Waals surface area contributed by atoms with Crippen LogP contribution in [0.1, 0.15) is 39.1 Å². The van der Waals surface area contributed by atoms with Crippen molar-refractivity contribution in [1.29, 1.82) is 0 Å². The number of carbonyl (C=O) groups is 3. The fourth-order valence-electron chi connectivity index (χ4n) is 3.36. The summed E-state index contributed by atoms with van der Waals surface area (Å²) < 4.78 is 0. The number of benzene rings is 3. The van der Waals surface area contributed by atoms with Crippen LogP contribution in [0.5, 0.6) is 0 Å². The summed E-state index contributed by atoms with van der Waals surface area (Å²) in [4.78, 5) is 37.1. The van der Waals surface area contributed by atoms with Crippen molar-refractivity contribution in [3.63, 3.8) is 0 Å². The van der Waals surface area contributed by atoms with E-state index in [0.29, 0.717) is 22.5 Å². The third kappa shape index (κ3) is 5.98. The van der Waals surface area contributed by atoms with Crippen molar-refractivity contribution in [2.75, 3.05) is 22.5 Å². The molecule has 0 heterocycles. The van der Waals surface area contributed by atoms with E-state index in [1.165, 1.54) is 0 Å². The van der Waals surface area contributed by atoms with Gasteiger partial charge in [0.2, 0.25) is 5.91 Å². The summed E-state index contributed by atoms with van der Waals surface area (Å²) in [5.74, 6) is -0.566. The third-order valence-corrected chi connectivity index (χ3v) is 5.38. The third-order valence-electron chi connectivity index (χ3n) is 5.38. The van der Waals surface area contributed by atoms with Crippen molar-refractivity contribution in [1.82, 2.24) is 5.32 Å². The van der Waals surface area contributed by atoms with E-state index in [1.807, 2.05) is 43.3 Å². The fourth-order valence-corrected chi connectivity index (χ4v) is 3.36. The SMILES string of the molecule is Cc1c(NCC(=O)Nc2cccc(C(=O)NC3CC3)c2)cccc1NC(=O)c1ccccc1. The van der Waals surface area contributed by atoms with Crippen LogP contribution in [0.2, 0.25) is 0 Å². The molecule has 0 spiro atoms. The highest BCUT2D eigenvalue weighted by Crippen LogP contribution is 2.24. The number of anilines is 3. The lowest BCUT2D eigenvalue weighted by molar-refractivity contribution is -0.114. The molecule has 0 aromatic heterocycles. The molecule has 1 fully saturated rings. The van der Waals surface area contributed by atoms with Crippen LogP contribution in [-0.2, 0) is 4.79 Å².